The van der Waals surface area contributed by atoms with Crippen LogP contribution in [0.2, 0.25) is 0 Å². The molecule has 7 nitrogen and oxygen atoms in total. The molecule has 162 valence electrons. The summed E-state index contributed by atoms with van der Waals surface area (Å²) >= 11 is 0. The van der Waals surface area contributed by atoms with Crippen LogP contribution in [-0.4, -0.2) is 46.7 Å². The fourth-order valence-electron chi connectivity index (χ4n) is 2.40. The Morgan fingerprint density at radius 3 is 2.32 bits per heavy atom. The summed E-state index contributed by atoms with van der Waals surface area (Å²) in [6.45, 7) is 11.2. The molecule has 0 saturated heterocycles. The number of benzene rings is 1. The van der Waals surface area contributed by atoms with Crippen LogP contribution in [-0.2, 0) is 27.1 Å². The van der Waals surface area contributed by atoms with E-state index in [4.69, 9.17) is 4.74 Å². The molecule has 0 radical (unpaired) electrons. The summed E-state index contributed by atoms with van der Waals surface area (Å²) in [7, 11) is -3.30. The van der Waals surface area contributed by atoms with Crippen LogP contribution < -0.4 is 15.4 Å². The largest absolute Gasteiger partial charge is 0.382 e. The lowest BCUT2D eigenvalue weighted by atomic mass is 10.1. The maximum Gasteiger partial charge on any atom is 0.216 e. The molecule has 1 rings (SSSR count). The minimum Gasteiger partial charge on any atom is -0.382 e. The van der Waals surface area contributed by atoms with Crippen molar-refractivity contribution < 1.29 is 13.2 Å². The van der Waals surface area contributed by atoms with E-state index >= 15 is 0 Å². The average molecular weight is 526 g/mol. The number of nitrogens with zero attached hydrogens (tertiary/aromatic N) is 1. The van der Waals surface area contributed by atoms with E-state index in [-0.39, 0.29) is 35.8 Å². The highest BCUT2D eigenvalue weighted by atomic mass is 127. The van der Waals surface area contributed by atoms with Crippen LogP contribution in [0, 0.1) is 0 Å². The molecule has 9 heteroatoms. The number of hydrogen-bond acceptors (Lipinski definition) is 4. The van der Waals surface area contributed by atoms with Gasteiger partial charge in [0.05, 0.1) is 12.3 Å². The number of halogens is 1. The molecule has 0 amide bonds. The number of ether oxygens (including phenoxy) is 1. The van der Waals surface area contributed by atoms with Gasteiger partial charge in [0.25, 0.3) is 0 Å². The molecule has 1 aromatic carbocycles. The first-order valence-corrected chi connectivity index (χ1v) is 11.2. The van der Waals surface area contributed by atoms with Crippen LogP contribution >= 0.6 is 24.0 Å². The number of hydrogen-bond donors (Lipinski definition) is 3. The third kappa shape index (κ3) is 12.5. The fraction of sp³-hybridized carbons (Fsp3) is 0.632. The van der Waals surface area contributed by atoms with Crippen molar-refractivity contribution in [1.29, 1.82) is 0 Å². The van der Waals surface area contributed by atoms with Crippen LogP contribution in [0.25, 0.3) is 0 Å². The molecule has 1 aromatic rings. The maximum absolute atomic E-state index is 12.0. The lowest BCUT2D eigenvalue weighted by molar-refractivity contribution is 0.145. The zero-order chi connectivity index (χ0) is 20.1. The molecule has 0 saturated carbocycles. The highest BCUT2D eigenvalue weighted by Crippen LogP contribution is 2.09. The lowest BCUT2D eigenvalue weighted by Crippen LogP contribution is -2.38. The predicted molar refractivity (Wildman–Crippen MR) is 127 cm³/mol. The Kier molecular flexibility index (Phi) is 14.5. The Bertz CT molecular complexity index is 664. The summed E-state index contributed by atoms with van der Waals surface area (Å²) in [5.74, 6) is 0.750. The van der Waals surface area contributed by atoms with Crippen molar-refractivity contribution in [3.8, 4) is 0 Å². The molecule has 0 unspecified atom stereocenters. The Labute approximate surface area is 187 Å². The van der Waals surface area contributed by atoms with Gasteiger partial charge in [0.2, 0.25) is 10.0 Å². The Morgan fingerprint density at radius 1 is 1.11 bits per heavy atom. The molecule has 0 aromatic heterocycles. The van der Waals surface area contributed by atoms with Gasteiger partial charge in [-0.3, -0.25) is 0 Å². The van der Waals surface area contributed by atoms with E-state index < -0.39 is 10.0 Å². The first-order valence-electron chi connectivity index (χ1n) is 9.54. The van der Waals surface area contributed by atoms with Crippen molar-refractivity contribution in [3.63, 3.8) is 0 Å². The first kappa shape index (κ1) is 27.1. The van der Waals surface area contributed by atoms with Gasteiger partial charge in [-0.25, -0.2) is 18.1 Å². The molecule has 0 aliphatic carbocycles. The number of guanidine groups is 1. The van der Waals surface area contributed by atoms with Gasteiger partial charge >= 0.3 is 0 Å². The number of rotatable bonds is 12. The number of nitrogens with one attached hydrogen (secondary N) is 3. The summed E-state index contributed by atoms with van der Waals surface area (Å²) in [6, 6.07) is 7.42. The van der Waals surface area contributed by atoms with Gasteiger partial charge in [0, 0.05) is 32.3 Å². The molecule has 3 N–H and O–H groups in total. The van der Waals surface area contributed by atoms with Crippen molar-refractivity contribution in [1.82, 2.24) is 15.4 Å². The van der Waals surface area contributed by atoms with Gasteiger partial charge in [-0.1, -0.05) is 24.3 Å². The Hall–Kier alpha value is -0.910. The zero-order valence-electron chi connectivity index (χ0n) is 17.3. The molecule has 0 atom stereocenters. The fourth-order valence-corrected chi connectivity index (χ4v) is 3.83. The monoisotopic (exact) mass is 526 g/mol. The van der Waals surface area contributed by atoms with Gasteiger partial charge in [-0.2, -0.15) is 0 Å². The predicted octanol–water partition coefficient (Wildman–Crippen LogP) is 2.61. The summed E-state index contributed by atoms with van der Waals surface area (Å²) in [5, 5.41) is 6.50. The molecule has 0 spiro atoms. The quantitative estimate of drug-likeness (QED) is 0.169. The summed E-state index contributed by atoms with van der Waals surface area (Å²) in [4.78, 5) is 4.57. The highest BCUT2D eigenvalue weighted by molar-refractivity contribution is 14.0. The minimum atomic E-state index is -3.30. The molecule has 0 aliphatic heterocycles. The van der Waals surface area contributed by atoms with E-state index in [1.54, 1.807) is 0 Å². The molecule has 0 fully saturated rings. The van der Waals surface area contributed by atoms with Crippen LogP contribution in [0.1, 0.15) is 45.2 Å². The van der Waals surface area contributed by atoms with Gasteiger partial charge in [0.15, 0.2) is 5.96 Å². The van der Waals surface area contributed by atoms with Gasteiger partial charge in [0.1, 0.15) is 0 Å². The zero-order valence-corrected chi connectivity index (χ0v) is 20.5. The van der Waals surface area contributed by atoms with Crippen LogP contribution in [0.5, 0.6) is 0 Å². The molecular weight excluding hydrogens is 491 g/mol. The number of sulfonamides is 1. The normalized spacial score (nSPS) is 12.0. The SMILES string of the molecule is CCNC(=NCc1ccc(CS(=O)(=O)NC(C)C)cc1)NCCCOCC.I. The molecule has 0 aliphatic rings. The van der Waals surface area contributed by atoms with Crippen molar-refractivity contribution in [2.45, 2.75) is 52.5 Å². The first-order chi connectivity index (χ1) is 12.9. The van der Waals surface area contributed by atoms with E-state index in [2.05, 4.69) is 20.3 Å². The molecular formula is C19H35IN4O3S. The van der Waals surface area contributed by atoms with Crippen molar-refractivity contribution in [3.05, 3.63) is 35.4 Å². The molecule has 28 heavy (non-hydrogen) atoms. The topological polar surface area (TPSA) is 91.8 Å². The average Bonchev–Trinajstić information content (AvgIpc) is 2.59. The van der Waals surface area contributed by atoms with Crippen molar-refractivity contribution >= 4 is 40.0 Å². The maximum atomic E-state index is 12.0. The second-order valence-corrected chi connectivity index (χ2v) is 8.27. The smallest absolute Gasteiger partial charge is 0.216 e. The third-order valence-electron chi connectivity index (χ3n) is 3.52. The van der Waals surface area contributed by atoms with E-state index in [0.717, 1.165) is 49.8 Å². The van der Waals surface area contributed by atoms with Crippen molar-refractivity contribution in [2.24, 2.45) is 4.99 Å². The number of aliphatic imine (C=N–C) groups is 1. The van der Waals surface area contributed by atoms with E-state index in [9.17, 15) is 8.42 Å². The Balaban J connectivity index is 0.00000729. The minimum absolute atomic E-state index is 0. The third-order valence-corrected chi connectivity index (χ3v) is 5.06. The van der Waals surface area contributed by atoms with Crippen molar-refractivity contribution in [2.75, 3.05) is 26.3 Å². The van der Waals surface area contributed by atoms with Gasteiger partial charge in [-0.05, 0) is 45.2 Å². The standard InChI is InChI=1S/C19H34N4O3S.HI/c1-5-20-19(21-12-7-13-26-6-2)22-14-17-8-10-18(11-9-17)15-27(24,25)23-16(3)4;/h8-11,16,23H,5-7,12-15H2,1-4H3,(H2,20,21,22);1H. The second-order valence-electron chi connectivity index (χ2n) is 6.52. The van der Waals surface area contributed by atoms with Gasteiger partial charge < -0.3 is 15.4 Å². The second kappa shape index (κ2) is 15.0. The summed E-state index contributed by atoms with van der Waals surface area (Å²) in [6.07, 6.45) is 0.922. The van der Waals surface area contributed by atoms with Crippen LogP contribution in [0.3, 0.4) is 0 Å². The highest BCUT2D eigenvalue weighted by Gasteiger charge is 2.12. The summed E-state index contributed by atoms with van der Waals surface area (Å²) in [5.41, 5.74) is 1.79. The van der Waals surface area contributed by atoms with E-state index in [1.165, 1.54) is 0 Å². The molecule has 0 bridgehead atoms. The molecule has 0 heterocycles. The van der Waals surface area contributed by atoms with Gasteiger partial charge in [-0.15, -0.1) is 24.0 Å². The lowest BCUT2D eigenvalue weighted by Gasteiger charge is -2.11. The van der Waals surface area contributed by atoms with E-state index in [0.29, 0.717) is 6.54 Å². The van der Waals surface area contributed by atoms with Crippen LogP contribution in [0.4, 0.5) is 0 Å². The summed E-state index contributed by atoms with van der Waals surface area (Å²) < 4.78 is 31.9. The van der Waals surface area contributed by atoms with Crippen LogP contribution in [0.15, 0.2) is 29.3 Å². The Morgan fingerprint density at radius 2 is 1.75 bits per heavy atom. The van der Waals surface area contributed by atoms with E-state index in [1.807, 2.05) is 52.0 Å².